The highest BCUT2D eigenvalue weighted by Crippen LogP contribution is 2.43. The summed E-state index contributed by atoms with van der Waals surface area (Å²) in [6, 6.07) is 3.67. The minimum absolute atomic E-state index is 0.137. The molecule has 2 nitrogen and oxygen atoms in total. The summed E-state index contributed by atoms with van der Waals surface area (Å²) in [6.45, 7) is 1.47. The van der Waals surface area contributed by atoms with E-state index in [9.17, 15) is 0 Å². The number of alkyl halides is 1. The third-order valence-electron chi connectivity index (χ3n) is 2.92. The average molecular weight is 340 g/mol. The summed E-state index contributed by atoms with van der Waals surface area (Å²) < 4.78 is 11.6. The van der Waals surface area contributed by atoms with E-state index >= 15 is 0 Å². The number of hydrogen-bond acceptors (Lipinski definition) is 2. The fraction of sp³-hybridized carbons (Fsp3) is 0.500. The monoisotopic (exact) mass is 338 g/mol. The van der Waals surface area contributed by atoms with Crippen molar-refractivity contribution in [3.63, 3.8) is 0 Å². The summed E-state index contributed by atoms with van der Waals surface area (Å²) in [6.07, 6.45) is 0.974. The summed E-state index contributed by atoms with van der Waals surface area (Å²) in [4.78, 5) is 0. The predicted octanol–water partition coefficient (Wildman–Crippen LogP) is 4.43. The van der Waals surface area contributed by atoms with E-state index in [-0.39, 0.29) is 5.38 Å². The molecule has 1 fully saturated rings. The Bertz CT molecular complexity index is 406. The Hall–Kier alpha value is 0.0400. The van der Waals surface area contributed by atoms with Crippen molar-refractivity contribution in [2.75, 3.05) is 20.3 Å². The average Bonchev–Trinajstić information content (AvgIpc) is 2.80. The molecule has 2 rings (SSSR count). The SMILES string of the molecule is COc1c(Br)cc(Cl)cc1C(Cl)C1CCOC1. The van der Waals surface area contributed by atoms with Crippen molar-refractivity contribution < 1.29 is 9.47 Å². The van der Waals surface area contributed by atoms with Gasteiger partial charge in [0.05, 0.1) is 23.6 Å². The number of halogens is 3. The zero-order valence-corrected chi connectivity index (χ0v) is 12.5. The first-order chi connectivity index (χ1) is 8.13. The van der Waals surface area contributed by atoms with Crippen LogP contribution in [0, 0.1) is 5.92 Å². The van der Waals surface area contributed by atoms with Gasteiger partial charge in [-0.2, -0.15) is 0 Å². The standard InChI is InChI=1S/C12H13BrCl2O2/c1-16-12-9(4-8(14)5-10(12)13)11(15)7-2-3-17-6-7/h4-5,7,11H,2-3,6H2,1H3. The minimum Gasteiger partial charge on any atom is -0.495 e. The maximum Gasteiger partial charge on any atom is 0.137 e. The smallest absolute Gasteiger partial charge is 0.137 e. The number of hydrogen-bond donors (Lipinski definition) is 0. The molecule has 0 aliphatic carbocycles. The Kier molecular flexibility index (Phi) is 4.59. The molecule has 1 aliphatic heterocycles. The highest BCUT2D eigenvalue weighted by molar-refractivity contribution is 9.10. The summed E-state index contributed by atoms with van der Waals surface area (Å²) in [5.41, 5.74) is 0.920. The topological polar surface area (TPSA) is 18.5 Å². The molecule has 17 heavy (non-hydrogen) atoms. The molecule has 0 aromatic heterocycles. The van der Waals surface area contributed by atoms with Crippen LogP contribution < -0.4 is 4.74 Å². The van der Waals surface area contributed by atoms with Crippen molar-refractivity contribution >= 4 is 39.1 Å². The second-order valence-electron chi connectivity index (χ2n) is 4.04. The maximum atomic E-state index is 6.50. The van der Waals surface area contributed by atoms with E-state index in [0.717, 1.165) is 28.8 Å². The first-order valence-corrected chi connectivity index (χ1v) is 6.99. The van der Waals surface area contributed by atoms with Gasteiger partial charge in [0.1, 0.15) is 5.75 Å². The first-order valence-electron chi connectivity index (χ1n) is 5.38. The lowest BCUT2D eigenvalue weighted by atomic mass is 9.97. The van der Waals surface area contributed by atoms with Crippen LogP contribution in [0.3, 0.4) is 0 Å². The Morgan fingerprint density at radius 2 is 2.29 bits per heavy atom. The van der Waals surface area contributed by atoms with Gasteiger partial charge in [0, 0.05) is 23.1 Å². The molecular formula is C12H13BrCl2O2. The molecule has 1 saturated heterocycles. The third kappa shape index (κ3) is 2.90. The van der Waals surface area contributed by atoms with E-state index in [1.807, 2.05) is 6.07 Å². The zero-order valence-electron chi connectivity index (χ0n) is 9.38. The summed E-state index contributed by atoms with van der Waals surface area (Å²) >= 11 is 16.0. The van der Waals surface area contributed by atoms with E-state index < -0.39 is 0 Å². The summed E-state index contributed by atoms with van der Waals surface area (Å²) in [7, 11) is 1.63. The third-order valence-corrected chi connectivity index (χ3v) is 4.32. The van der Waals surface area contributed by atoms with Crippen molar-refractivity contribution in [2.45, 2.75) is 11.8 Å². The molecule has 1 aromatic rings. The summed E-state index contributed by atoms with van der Waals surface area (Å²) in [5, 5.41) is 0.514. The zero-order chi connectivity index (χ0) is 12.4. The van der Waals surface area contributed by atoms with Crippen LogP contribution in [0.25, 0.3) is 0 Å². The molecule has 2 atom stereocenters. The molecule has 2 unspecified atom stereocenters. The van der Waals surface area contributed by atoms with Gasteiger partial charge in [0.15, 0.2) is 0 Å². The Morgan fingerprint density at radius 3 is 2.88 bits per heavy atom. The van der Waals surface area contributed by atoms with E-state index in [0.29, 0.717) is 17.5 Å². The molecule has 94 valence electrons. The van der Waals surface area contributed by atoms with Gasteiger partial charge in [-0.25, -0.2) is 0 Å². The van der Waals surface area contributed by atoms with E-state index in [4.69, 9.17) is 32.7 Å². The molecule has 1 aromatic carbocycles. The molecule has 1 heterocycles. The molecule has 0 saturated carbocycles. The van der Waals surface area contributed by atoms with Gasteiger partial charge in [-0.05, 0) is 34.5 Å². The van der Waals surface area contributed by atoms with Crippen LogP contribution in [0.1, 0.15) is 17.4 Å². The van der Waals surface area contributed by atoms with E-state index in [2.05, 4.69) is 15.9 Å². The van der Waals surface area contributed by atoms with Crippen LogP contribution in [0.5, 0.6) is 5.75 Å². The fourth-order valence-corrected chi connectivity index (χ4v) is 3.39. The highest BCUT2D eigenvalue weighted by atomic mass is 79.9. The van der Waals surface area contributed by atoms with Crippen LogP contribution in [0.15, 0.2) is 16.6 Å². The largest absolute Gasteiger partial charge is 0.495 e. The van der Waals surface area contributed by atoms with Crippen LogP contribution >= 0.6 is 39.1 Å². The Labute approximate surface area is 119 Å². The second kappa shape index (κ2) is 5.79. The van der Waals surface area contributed by atoms with Gasteiger partial charge in [-0.1, -0.05) is 11.6 Å². The van der Waals surface area contributed by atoms with Crippen molar-refractivity contribution in [3.8, 4) is 5.75 Å². The van der Waals surface area contributed by atoms with Gasteiger partial charge in [0.2, 0.25) is 0 Å². The van der Waals surface area contributed by atoms with Crippen LogP contribution in [0.4, 0.5) is 0 Å². The van der Waals surface area contributed by atoms with Crippen LogP contribution in [0.2, 0.25) is 5.02 Å². The number of rotatable bonds is 3. The molecular weight excluding hydrogens is 327 g/mol. The molecule has 0 spiro atoms. The number of benzene rings is 1. The predicted molar refractivity (Wildman–Crippen MR) is 73.2 cm³/mol. The lowest BCUT2D eigenvalue weighted by Gasteiger charge is -2.19. The molecule has 5 heteroatoms. The Balaban J connectivity index is 2.35. The molecule has 0 N–H and O–H groups in total. The molecule has 0 bridgehead atoms. The quantitative estimate of drug-likeness (QED) is 0.758. The number of methoxy groups -OCH3 is 1. The normalized spacial score (nSPS) is 21.5. The van der Waals surface area contributed by atoms with Crippen molar-refractivity contribution in [1.29, 1.82) is 0 Å². The molecule has 0 amide bonds. The maximum absolute atomic E-state index is 6.50. The van der Waals surface area contributed by atoms with Crippen molar-refractivity contribution in [1.82, 2.24) is 0 Å². The molecule has 0 radical (unpaired) electrons. The van der Waals surface area contributed by atoms with Gasteiger partial charge in [-0.3, -0.25) is 0 Å². The van der Waals surface area contributed by atoms with Crippen LogP contribution in [-0.4, -0.2) is 20.3 Å². The fourth-order valence-electron chi connectivity index (χ4n) is 2.04. The van der Waals surface area contributed by atoms with Crippen molar-refractivity contribution in [3.05, 3.63) is 27.2 Å². The van der Waals surface area contributed by atoms with E-state index in [1.54, 1.807) is 13.2 Å². The lowest BCUT2D eigenvalue weighted by Crippen LogP contribution is -2.09. The van der Waals surface area contributed by atoms with Gasteiger partial charge in [-0.15, -0.1) is 11.6 Å². The summed E-state index contributed by atoms with van der Waals surface area (Å²) in [5.74, 6) is 1.07. The number of ether oxygens (including phenoxy) is 2. The first kappa shape index (κ1) is 13.5. The second-order valence-corrected chi connectivity index (χ2v) is 5.80. The Morgan fingerprint density at radius 1 is 1.53 bits per heavy atom. The van der Waals surface area contributed by atoms with Gasteiger partial charge in [0.25, 0.3) is 0 Å². The van der Waals surface area contributed by atoms with Crippen molar-refractivity contribution in [2.24, 2.45) is 5.92 Å². The lowest BCUT2D eigenvalue weighted by molar-refractivity contribution is 0.185. The molecule has 1 aliphatic rings. The van der Waals surface area contributed by atoms with E-state index in [1.165, 1.54) is 0 Å². The van der Waals surface area contributed by atoms with Gasteiger partial charge < -0.3 is 9.47 Å². The van der Waals surface area contributed by atoms with Crippen LogP contribution in [-0.2, 0) is 4.74 Å². The minimum atomic E-state index is -0.137. The van der Waals surface area contributed by atoms with Gasteiger partial charge >= 0.3 is 0 Å². The highest BCUT2D eigenvalue weighted by Gasteiger charge is 2.28.